The number of aromatic nitrogens is 1. The zero-order valence-corrected chi connectivity index (χ0v) is 12.3. The van der Waals surface area contributed by atoms with E-state index in [2.05, 4.69) is 10.3 Å². The van der Waals surface area contributed by atoms with E-state index in [4.69, 9.17) is 5.11 Å². The highest BCUT2D eigenvalue weighted by atomic mass is 16.4. The Morgan fingerprint density at radius 1 is 1.24 bits per heavy atom. The lowest BCUT2D eigenvalue weighted by Crippen LogP contribution is -2.50. The van der Waals surface area contributed by atoms with Gasteiger partial charge in [0.2, 0.25) is 0 Å². The minimum atomic E-state index is -1.42. The number of fused-ring (bicyclic) bond motifs is 1. The Balaban J connectivity index is 2.32. The van der Waals surface area contributed by atoms with Crippen LogP contribution in [0.4, 0.5) is 0 Å². The molecule has 1 aromatic heterocycles. The van der Waals surface area contributed by atoms with E-state index in [0.29, 0.717) is 0 Å². The number of hydrogen-bond acceptors (Lipinski definition) is 3. The lowest BCUT2D eigenvalue weighted by molar-refractivity contribution is -0.143. The molecule has 6 nitrogen and oxygen atoms in total. The van der Waals surface area contributed by atoms with Crippen LogP contribution in [0.2, 0.25) is 0 Å². The summed E-state index contributed by atoms with van der Waals surface area (Å²) in [6, 6.07) is 1.60. The number of aryl methyl sites for hydroxylation is 2. The maximum absolute atomic E-state index is 12.2. The molecule has 0 saturated carbocycles. The summed E-state index contributed by atoms with van der Waals surface area (Å²) in [4.78, 5) is 38.0. The second kappa shape index (κ2) is 5.71. The van der Waals surface area contributed by atoms with Crippen LogP contribution in [0, 0.1) is 0 Å². The van der Waals surface area contributed by atoms with Crippen LogP contribution < -0.4 is 10.9 Å². The SMILES string of the molecule is CC(C)(NC(=O)c1cc2c([nH]c1=O)CCCCC2)C(=O)O. The van der Waals surface area contributed by atoms with E-state index in [0.717, 1.165) is 43.4 Å². The van der Waals surface area contributed by atoms with Crippen molar-refractivity contribution in [2.45, 2.75) is 51.5 Å². The molecule has 0 aliphatic heterocycles. The van der Waals surface area contributed by atoms with Crippen molar-refractivity contribution in [3.8, 4) is 0 Å². The summed E-state index contributed by atoms with van der Waals surface area (Å²) in [5.41, 5.74) is -0.0349. The van der Waals surface area contributed by atoms with Gasteiger partial charge >= 0.3 is 5.97 Å². The predicted octanol–water partition coefficient (Wildman–Crippen LogP) is 1.24. The molecule has 2 rings (SSSR count). The third-order valence-corrected chi connectivity index (χ3v) is 3.79. The first-order valence-corrected chi connectivity index (χ1v) is 7.12. The number of H-pyrrole nitrogens is 1. The quantitative estimate of drug-likeness (QED) is 0.730. The number of aliphatic carboxylic acids is 1. The summed E-state index contributed by atoms with van der Waals surface area (Å²) in [7, 11) is 0. The van der Waals surface area contributed by atoms with E-state index in [1.54, 1.807) is 6.07 Å². The van der Waals surface area contributed by atoms with Gasteiger partial charge in [0.15, 0.2) is 0 Å². The van der Waals surface area contributed by atoms with Gasteiger partial charge in [0, 0.05) is 5.69 Å². The molecule has 114 valence electrons. The van der Waals surface area contributed by atoms with Gasteiger partial charge in [-0.3, -0.25) is 9.59 Å². The minimum Gasteiger partial charge on any atom is -0.480 e. The lowest BCUT2D eigenvalue weighted by Gasteiger charge is -2.21. The Labute approximate surface area is 122 Å². The van der Waals surface area contributed by atoms with Crippen LogP contribution in [0.3, 0.4) is 0 Å². The van der Waals surface area contributed by atoms with Gasteiger partial charge in [-0.25, -0.2) is 4.79 Å². The fourth-order valence-corrected chi connectivity index (χ4v) is 2.42. The summed E-state index contributed by atoms with van der Waals surface area (Å²) >= 11 is 0. The monoisotopic (exact) mass is 292 g/mol. The van der Waals surface area contributed by atoms with Crippen molar-refractivity contribution in [3.05, 3.63) is 33.2 Å². The smallest absolute Gasteiger partial charge is 0.328 e. The van der Waals surface area contributed by atoms with Crippen LogP contribution in [-0.2, 0) is 17.6 Å². The average Bonchev–Trinajstić information content (AvgIpc) is 2.61. The molecule has 0 fully saturated rings. The van der Waals surface area contributed by atoms with E-state index >= 15 is 0 Å². The first kappa shape index (κ1) is 15.3. The first-order valence-electron chi connectivity index (χ1n) is 7.12. The number of nitrogens with one attached hydrogen (secondary N) is 2. The van der Waals surface area contributed by atoms with E-state index < -0.39 is 23.0 Å². The Kier molecular flexibility index (Phi) is 4.16. The third kappa shape index (κ3) is 3.32. The molecule has 1 aliphatic carbocycles. The molecule has 0 unspecified atom stereocenters. The summed E-state index contributed by atoms with van der Waals surface area (Å²) in [6.45, 7) is 2.76. The molecule has 1 heterocycles. The van der Waals surface area contributed by atoms with Crippen LogP contribution in [0.1, 0.15) is 54.7 Å². The summed E-state index contributed by atoms with van der Waals surface area (Å²) in [5.74, 6) is -1.81. The fraction of sp³-hybridized carbons (Fsp3) is 0.533. The maximum atomic E-state index is 12.2. The summed E-state index contributed by atoms with van der Waals surface area (Å²) in [6.07, 6.45) is 4.80. The molecule has 0 radical (unpaired) electrons. The van der Waals surface area contributed by atoms with E-state index in [-0.39, 0.29) is 5.56 Å². The number of rotatable bonds is 3. The molecule has 0 saturated heterocycles. The van der Waals surface area contributed by atoms with Crippen molar-refractivity contribution in [1.82, 2.24) is 10.3 Å². The molecule has 1 amide bonds. The lowest BCUT2D eigenvalue weighted by atomic mass is 10.0. The Morgan fingerprint density at radius 2 is 1.90 bits per heavy atom. The molecular weight excluding hydrogens is 272 g/mol. The number of carboxylic acid groups (broad SMARTS) is 1. The Bertz CT molecular complexity index is 631. The van der Waals surface area contributed by atoms with Gasteiger partial charge in [-0.2, -0.15) is 0 Å². The molecule has 21 heavy (non-hydrogen) atoms. The summed E-state index contributed by atoms with van der Waals surface area (Å²) < 4.78 is 0. The molecule has 6 heteroatoms. The highest BCUT2D eigenvalue weighted by Gasteiger charge is 2.30. The van der Waals surface area contributed by atoms with Gasteiger partial charge in [0.05, 0.1) is 0 Å². The molecule has 3 N–H and O–H groups in total. The number of hydrogen-bond donors (Lipinski definition) is 3. The van der Waals surface area contributed by atoms with Crippen molar-refractivity contribution >= 4 is 11.9 Å². The zero-order chi connectivity index (χ0) is 15.6. The molecule has 0 atom stereocenters. The molecule has 0 spiro atoms. The van der Waals surface area contributed by atoms with Crippen molar-refractivity contribution in [3.63, 3.8) is 0 Å². The van der Waals surface area contributed by atoms with Gasteiger partial charge in [-0.1, -0.05) is 6.42 Å². The van der Waals surface area contributed by atoms with Gasteiger partial charge in [-0.15, -0.1) is 0 Å². The van der Waals surface area contributed by atoms with Crippen LogP contribution in [0.25, 0.3) is 0 Å². The minimum absolute atomic E-state index is 0.0232. The molecule has 1 aromatic rings. The number of carbonyl (C=O) groups excluding carboxylic acids is 1. The zero-order valence-electron chi connectivity index (χ0n) is 12.3. The van der Waals surface area contributed by atoms with Gasteiger partial charge < -0.3 is 15.4 Å². The second-order valence-corrected chi connectivity index (χ2v) is 5.96. The van der Waals surface area contributed by atoms with E-state index in [1.807, 2.05) is 0 Å². The summed E-state index contributed by atoms with van der Waals surface area (Å²) in [5, 5.41) is 11.4. The average molecular weight is 292 g/mol. The van der Waals surface area contributed by atoms with Crippen molar-refractivity contribution in [2.75, 3.05) is 0 Å². The van der Waals surface area contributed by atoms with Crippen LogP contribution in [0.5, 0.6) is 0 Å². The number of carbonyl (C=O) groups is 2. The topological polar surface area (TPSA) is 99.3 Å². The number of pyridine rings is 1. The molecular formula is C15H20N2O4. The number of amides is 1. The van der Waals surface area contributed by atoms with Crippen LogP contribution >= 0.6 is 0 Å². The number of aromatic amines is 1. The normalized spacial score (nSPS) is 15.0. The van der Waals surface area contributed by atoms with Crippen molar-refractivity contribution in [1.29, 1.82) is 0 Å². The van der Waals surface area contributed by atoms with Crippen LogP contribution in [-0.4, -0.2) is 27.5 Å². The molecule has 1 aliphatic rings. The molecule has 0 aromatic carbocycles. The first-order chi connectivity index (χ1) is 9.81. The molecule has 0 bridgehead atoms. The fourth-order valence-electron chi connectivity index (χ4n) is 2.42. The van der Waals surface area contributed by atoms with Crippen LogP contribution in [0.15, 0.2) is 10.9 Å². The Hall–Kier alpha value is -2.11. The predicted molar refractivity (Wildman–Crippen MR) is 77.5 cm³/mol. The Morgan fingerprint density at radius 3 is 2.57 bits per heavy atom. The van der Waals surface area contributed by atoms with Crippen molar-refractivity contribution < 1.29 is 14.7 Å². The largest absolute Gasteiger partial charge is 0.480 e. The van der Waals surface area contributed by atoms with E-state index in [1.165, 1.54) is 13.8 Å². The second-order valence-electron chi connectivity index (χ2n) is 5.96. The maximum Gasteiger partial charge on any atom is 0.328 e. The third-order valence-electron chi connectivity index (χ3n) is 3.79. The van der Waals surface area contributed by atoms with Gasteiger partial charge in [0.1, 0.15) is 11.1 Å². The highest BCUT2D eigenvalue weighted by molar-refractivity contribution is 5.97. The van der Waals surface area contributed by atoms with Gasteiger partial charge in [0.25, 0.3) is 11.5 Å². The van der Waals surface area contributed by atoms with Gasteiger partial charge in [-0.05, 0) is 51.2 Å². The number of carboxylic acids is 1. The van der Waals surface area contributed by atoms with Crippen molar-refractivity contribution in [2.24, 2.45) is 0 Å². The highest BCUT2D eigenvalue weighted by Crippen LogP contribution is 2.18. The van der Waals surface area contributed by atoms with E-state index in [9.17, 15) is 14.4 Å². The standard InChI is InChI=1S/C15H20N2O4/c1-15(2,14(20)21)17-13(19)10-8-9-6-4-3-5-7-11(9)16-12(10)18/h8H,3-7H2,1-2H3,(H,16,18)(H,17,19)(H,20,21).